The lowest BCUT2D eigenvalue weighted by atomic mass is 10.1. The van der Waals surface area contributed by atoms with E-state index in [1.165, 1.54) is 0 Å². The molecule has 2 rings (SSSR count). The van der Waals surface area contributed by atoms with Crippen LogP contribution in [0.5, 0.6) is 0 Å². The highest BCUT2D eigenvalue weighted by Gasteiger charge is 2.18. The molecule has 0 radical (unpaired) electrons. The van der Waals surface area contributed by atoms with Gasteiger partial charge in [0.25, 0.3) is 0 Å². The zero-order valence-electron chi connectivity index (χ0n) is 11.1. The minimum absolute atomic E-state index is 0.172. The molecule has 0 amide bonds. The van der Waals surface area contributed by atoms with Crippen LogP contribution in [-0.4, -0.2) is 43.1 Å². The second-order valence-corrected chi connectivity index (χ2v) is 5.24. The van der Waals surface area contributed by atoms with Crippen LogP contribution in [0.2, 0.25) is 10.0 Å². The third kappa shape index (κ3) is 3.79. The van der Waals surface area contributed by atoms with Crippen molar-refractivity contribution in [2.24, 2.45) is 5.73 Å². The molecule has 1 atom stereocenters. The van der Waals surface area contributed by atoms with Gasteiger partial charge in [-0.2, -0.15) is 4.80 Å². The van der Waals surface area contributed by atoms with Gasteiger partial charge in [0.1, 0.15) is 12.6 Å². The van der Waals surface area contributed by atoms with Gasteiger partial charge in [-0.05, 0) is 17.3 Å². The van der Waals surface area contributed by atoms with E-state index in [9.17, 15) is 9.59 Å². The molecule has 1 aromatic heterocycles. The minimum atomic E-state index is -1.26. The zero-order chi connectivity index (χ0) is 16.3. The standard InChI is InChI=1S/C12H11Cl2N5O3/c13-7-2-1-3-8(14)10(7)11-16-18-19(17-11)5-6(20)4-9(15)12(21)22/h1-3,9H,4-5,15H2,(H,21,22). The van der Waals surface area contributed by atoms with E-state index >= 15 is 0 Å². The first-order chi connectivity index (χ1) is 10.4. The first kappa shape index (κ1) is 16.3. The quantitative estimate of drug-likeness (QED) is 0.801. The highest BCUT2D eigenvalue weighted by Crippen LogP contribution is 2.31. The SMILES string of the molecule is NC(CC(=O)Cn1nnc(-c2c(Cl)cccc2Cl)n1)C(=O)O. The van der Waals surface area contributed by atoms with Gasteiger partial charge in [-0.3, -0.25) is 9.59 Å². The van der Waals surface area contributed by atoms with Crippen molar-refractivity contribution in [3.8, 4) is 11.4 Å². The predicted octanol–water partition coefficient (Wildman–Crippen LogP) is 1.02. The third-order valence-corrected chi connectivity index (χ3v) is 3.35. The van der Waals surface area contributed by atoms with Crippen LogP contribution in [-0.2, 0) is 16.1 Å². The van der Waals surface area contributed by atoms with E-state index in [1.54, 1.807) is 18.2 Å². The van der Waals surface area contributed by atoms with Gasteiger partial charge in [0.2, 0.25) is 5.82 Å². The smallest absolute Gasteiger partial charge is 0.320 e. The largest absolute Gasteiger partial charge is 0.480 e. The Morgan fingerprint density at radius 3 is 2.55 bits per heavy atom. The van der Waals surface area contributed by atoms with Crippen LogP contribution in [0.25, 0.3) is 11.4 Å². The molecule has 10 heteroatoms. The molecule has 2 aromatic rings. The van der Waals surface area contributed by atoms with E-state index in [4.69, 9.17) is 34.0 Å². The van der Waals surface area contributed by atoms with Crippen LogP contribution in [0.3, 0.4) is 0 Å². The molecular weight excluding hydrogens is 333 g/mol. The fourth-order valence-electron chi connectivity index (χ4n) is 1.68. The number of rotatable bonds is 6. The van der Waals surface area contributed by atoms with Gasteiger partial charge in [-0.25, -0.2) is 0 Å². The average molecular weight is 344 g/mol. The Hall–Kier alpha value is -2.03. The summed E-state index contributed by atoms with van der Waals surface area (Å²) in [6, 6.07) is 3.67. The summed E-state index contributed by atoms with van der Waals surface area (Å²) in [7, 11) is 0. The molecule has 1 aromatic carbocycles. The summed E-state index contributed by atoms with van der Waals surface area (Å²) < 4.78 is 0. The number of benzene rings is 1. The van der Waals surface area contributed by atoms with Crippen molar-refractivity contribution >= 4 is 35.0 Å². The van der Waals surface area contributed by atoms with Gasteiger partial charge in [0, 0.05) is 6.42 Å². The van der Waals surface area contributed by atoms with Crippen LogP contribution >= 0.6 is 23.2 Å². The van der Waals surface area contributed by atoms with E-state index in [1.807, 2.05) is 0 Å². The van der Waals surface area contributed by atoms with Crippen LogP contribution < -0.4 is 5.73 Å². The molecule has 0 fully saturated rings. The highest BCUT2D eigenvalue weighted by molar-refractivity contribution is 6.38. The van der Waals surface area contributed by atoms with E-state index in [0.29, 0.717) is 15.6 Å². The number of hydrogen-bond acceptors (Lipinski definition) is 6. The van der Waals surface area contributed by atoms with Gasteiger partial charge in [0.05, 0.1) is 15.6 Å². The number of tetrazole rings is 1. The molecule has 0 saturated heterocycles. The summed E-state index contributed by atoms with van der Waals surface area (Å²) in [5, 5.41) is 20.9. The Morgan fingerprint density at radius 1 is 1.32 bits per heavy atom. The second kappa shape index (κ2) is 6.82. The van der Waals surface area contributed by atoms with Crippen molar-refractivity contribution in [2.75, 3.05) is 0 Å². The van der Waals surface area contributed by atoms with Gasteiger partial charge in [-0.15, -0.1) is 10.2 Å². The summed E-state index contributed by atoms with van der Waals surface area (Å²) in [4.78, 5) is 23.3. The number of hydrogen-bond donors (Lipinski definition) is 2. The molecule has 0 saturated carbocycles. The number of ketones is 1. The summed E-state index contributed by atoms with van der Waals surface area (Å²) >= 11 is 12.1. The van der Waals surface area contributed by atoms with Crippen LogP contribution in [0.15, 0.2) is 18.2 Å². The minimum Gasteiger partial charge on any atom is -0.480 e. The number of nitrogens with two attached hydrogens (primary N) is 1. The lowest BCUT2D eigenvalue weighted by Gasteiger charge is -2.04. The Balaban J connectivity index is 2.12. The average Bonchev–Trinajstić information content (AvgIpc) is 2.86. The van der Waals surface area contributed by atoms with E-state index in [-0.39, 0.29) is 18.8 Å². The lowest BCUT2D eigenvalue weighted by Crippen LogP contribution is -2.33. The monoisotopic (exact) mass is 343 g/mol. The third-order valence-electron chi connectivity index (χ3n) is 2.72. The predicted molar refractivity (Wildman–Crippen MR) is 78.5 cm³/mol. The molecule has 0 aliphatic carbocycles. The molecule has 1 heterocycles. The Bertz CT molecular complexity index is 698. The molecule has 0 aliphatic heterocycles. The zero-order valence-corrected chi connectivity index (χ0v) is 12.6. The van der Waals surface area contributed by atoms with Gasteiger partial charge in [0.15, 0.2) is 5.78 Å². The summed E-state index contributed by atoms with van der Waals surface area (Å²) in [6.07, 6.45) is -0.320. The topological polar surface area (TPSA) is 124 Å². The lowest BCUT2D eigenvalue weighted by molar-refractivity contribution is -0.140. The number of aromatic nitrogens is 4. The Kier molecular flexibility index (Phi) is 5.07. The van der Waals surface area contributed by atoms with Crippen LogP contribution in [0.4, 0.5) is 0 Å². The normalized spacial score (nSPS) is 12.1. The molecule has 0 bridgehead atoms. The van der Waals surface area contributed by atoms with Crippen molar-refractivity contribution < 1.29 is 14.7 Å². The maximum Gasteiger partial charge on any atom is 0.320 e. The van der Waals surface area contributed by atoms with Crippen LogP contribution in [0.1, 0.15) is 6.42 Å². The molecular formula is C12H11Cl2N5O3. The van der Waals surface area contributed by atoms with Gasteiger partial charge < -0.3 is 10.8 Å². The molecule has 116 valence electrons. The molecule has 8 nitrogen and oxygen atoms in total. The number of carboxylic acids is 1. The summed E-state index contributed by atoms with van der Waals surface area (Å²) in [5.41, 5.74) is 5.70. The number of aliphatic carboxylic acids is 1. The van der Waals surface area contributed by atoms with Crippen LogP contribution in [0, 0.1) is 0 Å². The fourth-order valence-corrected chi connectivity index (χ4v) is 2.24. The van der Waals surface area contributed by atoms with E-state index < -0.39 is 17.8 Å². The van der Waals surface area contributed by atoms with E-state index in [0.717, 1.165) is 4.80 Å². The number of carboxylic acid groups (broad SMARTS) is 1. The first-order valence-electron chi connectivity index (χ1n) is 6.10. The van der Waals surface area contributed by atoms with Crippen molar-refractivity contribution in [2.45, 2.75) is 19.0 Å². The summed E-state index contributed by atoms with van der Waals surface area (Å²) in [6.45, 7) is -0.240. The van der Waals surface area contributed by atoms with Crippen molar-refractivity contribution in [1.29, 1.82) is 0 Å². The molecule has 1 unspecified atom stereocenters. The Labute approximate surface area is 134 Å². The first-order valence-corrected chi connectivity index (χ1v) is 6.86. The maximum atomic E-state index is 11.7. The van der Waals surface area contributed by atoms with Gasteiger partial charge >= 0.3 is 5.97 Å². The molecule has 0 spiro atoms. The molecule has 3 N–H and O–H groups in total. The van der Waals surface area contributed by atoms with Crippen molar-refractivity contribution in [3.05, 3.63) is 28.2 Å². The second-order valence-electron chi connectivity index (χ2n) is 4.43. The fraction of sp³-hybridized carbons (Fsp3) is 0.250. The van der Waals surface area contributed by atoms with Gasteiger partial charge in [-0.1, -0.05) is 29.3 Å². The van der Waals surface area contributed by atoms with Crippen molar-refractivity contribution in [1.82, 2.24) is 20.2 Å². The number of carbonyl (C=O) groups is 2. The molecule has 0 aliphatic rings. The number of carbonyl (C=O) groups excluding carboxylic acids is 1. The Morgan fingerprint density at radius 2 is 1.95 bits per heavy atom. The summed E-state index contributed by atoms with van der Waals surface area (Å²) in [5.74, 6) is -1.50. The highest BCUT2D eigenvalue weighted by atomic mass is 35.5. The molecule has 22 heavy (non-hydrogen) atoms. The maximum absolute atomic E-state index is 11.7. The number of nitrogens with zero attached hydrogens (tertiary/aromatic N) is 4. The number of halogens is 2. The van der Waals surface area contributed by atoms with E-state index in [2.05, 4.69) is 15.4 Å². The van der Waals surface area contributed by atoms with Crippen molar-refractivity contribution in [3.63, 3.8) is 0 Å². The number of Topliss-reactive ketones (excluding diaryl/α,β-unsaturated/α-hetero) is 1.